The maximum atomic E-state index is 11.3. The summed E-state index contributed by atoms with van der Waals surface area (Å²) < 4.78 is 33.5. The zero-order valence-corrected chi connectivity index (χ0v) is 18.1. The number of aliphatic carboxylic acids is 1. The lowest BCUT2D eigenvalue weighted by molar-refractivity contribution is -0.192. The molecule has 3 heterocycles. The summed E-state index contributed by atoms with van der Waals surface area (Å²) in [5.41, 5.74) is 3.95. The number of hydrogen-bond acceptors (Lipinski definition) is 6. The molecule has 0 spiro atoms. The molecular formula is C22H18F3N7O3. The topological polar surface area (TPSA) is 150 Å². The summed E-state index contributed by atoms with van der Waals surface area (Å²) >= 11 is 0. The average molecular weight is 485 g/mol. The quantitative estimate of drug-likeness (QED) is 0.388. The molecule has 1 amide bonds. The summed E-state index contributed by atoms with van der Waals surface area (Å²) in [6.07, 6.45) is 2.10. The van der Waals surface area contributed by atoms with Gasteiger partial charge in [-0.2, -0.15) is 23.5 Å². The molecule has 0 bridgehead atoms. The van der Waals surface area contributed by atoms with Crippen LogP contribution < -0.4 is 5.32 Å². The van der Waals surface area contributed by atoms with Gasteiger partial charge in [-0.15, -0.1) is 0 Å². The number of carboxylic acids is 1. The summed E-state index contributed by atoms with van der Waals surface area (Å²) in [5, 5.41) is 24.6. The Kier molecular flexibility index (Phi) is 7.45. The van der Waals surface area contributed by atoms with Crippen molar-refractivity contribution in [3.63, 3.8) is 0 Å². The van der Waals surface area contributed by atoms with Gasteiger partial charge in [0.15, 0.2) is 0 Å². The maximum Gasteiger partial charge on any atom is 0.490 e. The number of aromatic nitrogens is 5. The van der Waals surface area contributed by atoms with E-state index in [4.69, 9.17) is 9.90 Å². The largest absolute Gasteiger partial charge is 0.490 e. The number of H-pyrrole nitrogens is 1. The number of nitrogens with zero attached hydrogens (tertiary/aromatic N) is 5. The number of carbonyl (C=O) groups excluding carboxylic acids is 1. The van der Waals surface area contributed by atoms with Crippen LogP contribution >= 0.6 is 0 Å². The van der Waals surface area contributed by atoms with Gasteiger partial charge in [0.05, 0.1) is 30.4 Å². The van der Waals surface area contributed by atoms with E-state index in [2.05, 4.69) is 31.4 Å². The second-order valence-electron chi connectivity index (χ2n) is 7.16. The SMILES string of the molecule is CC(=O)Nc1cccc(C(CC#N)n2cc(-c3ncnc4[nH]ccc34)cn2)c1.O=C(O)C(F)(F)F. The number of hydrogen-bond donors (Lipinski definition) is 3. The number of carboxylic acid groups (broad SMARTS) is 1. The molecule has 13 heteroatoms. The highest BCUT2D eigenvalue weighted by atomic mass is 19.4. The second-order valence-corrected chi connectivity index (χ2v) is 7.16. The lowest BCUT2D eigenvalue weighted by Gasteiger charge is -2.16. The lowest BCUT2D eigenvalue weighted by atomic mass is 10.0. The van der Waals surface area contributed by atoms with Crippen LogP contribution in [0.15, 0.2) is 55.2 Å². The Morgan fingerprint density at radius 3 is 2.69 bits per heavy atom. The molecule has 1 aromatic carbocycles. The number of carbonyl (C=O) groups is 2. The summed E-state index contributed by atoms with van der Waals surface area (Å²) in [6, 6.07) is 11.3. The number of nitrogens with one attached hydrogen (secondary N) is 2. The van der Waals surface area contributed by atoms with Gasteiger partial charge in [-0.25, -0.2) is 14.8 Å². The third kappa shape index (κ3) is 6.20. The van der Waals surface area contributed by atoms with E-state index in [0.29, 0.717) is 5.69 Å². The number of rotatable bonds is 5. The number of nitriles is 1. The third-order valence-corrected chi connectivity index (χ3v) is 4.67. The number of halogens is 3. The minimum atomic E-state index is -5.08. The third-order valence-electron chi connectivity index (χ3n) is 4.67. The normalized spacial score (nSPS) is 11.7. The molecule has 180 valence electrons. The standard InChI is InChI=1S/C20H17N7O.C2HF3O2/c1-13(28)26-16-4-2-3-14(9-16)18(5-7-21)27-11-15(10-25-27)19-17-6-8-22-20(17)24-12-23-19;3-2(4,5)1(6)7/h2-4,6,8-12,18H,5H2,1H3,(H,26,28)(H,22,23,24);(H,6,7). The molecule has 3 N–H and O–H groups in total. The fourth-order valence-electron chi connectivity index (χ4n) is 3.21. The molecule has 0 radical (unpaired) electrons. The number of amides is 1. The monoisotopic (exact) mass is 485 g/mol. The molecule has 0 saturated carbocycles. The Labute approximate surface area is 196 Å². The molecular weight excluding hydrogens is 467 g/mol. The van der Waals surface area contributed by atoms with Gasteiger partial charge in [0.1, 0.15) is 12.0 Å². The van der Waals surface area contributed by atoms with Crippen LogP contribution in [0.25, 0.3) is 22.3 Å². The predicted octanol–water partition coefficient (Wildman–Crippen LogP) is 3.92. The van der Waals surface area contributed by atoms with Crippen LogP contribution in [0.2, 0.25) is 0 Å². The van der Waals surface area contributed by atoms with E-state index in [0.717, 1.165) is 27.9 Å². The molecule has 0 aliphatic heterocycles. The van der Waals surface area contributed by atoms with Gasteiger partial charge in [-0.3, -0.25) is 9.48 Å². The number of alkyl halides is 3. The highest BCUT2D eigenvalue weighted by molar-refractivity contribution is 5.90. The molecule has 4 aromatic rings. The van der Waals surface area contributed by atoms with Gasteiger partial charge < -0.3 is 15.4 Å². The van der Waals surface area contributed by atoms with Crippen LogP contribution in [0.5, 0.6) is 0 Å². The van der Waals surface area contributed by atoms with Crippen LogP contribution in [0, 0.1) is 11.3 Å². The van der Waals surface area contributed by atoms with Crippen molar-refractivity contribution >= 4 is 28.6 Å². The lowest BCUT2D eigenvalue weighted by Crippen LogP contribution is -2.21. The zero-order chi connectivity index (χ0) is 25.6. The van der Waals surface area contributed by atoms with E-state index < -0.39 is 12.1 Å². The molecule has 1 unspecified atom stereocenters. The first-order chi connectivity index (χ1) is 16.6. The van der Waals surface area contributed by atoms with E-state index in [1.165, 1.54) is 13.3 Å². The summed E-state index contributed by atoms with van der Waals surface area (Å²) in [4.78, 5) is 31.9. The molecule has 10 nitrogen and oxygen atoms in total. The zero-order valence-electron chi connectivity index (χ0n) is 18.1. The number of benzene rings is 1. The highest BCUT2D eigenvalue weighted by Crippen LogP contribution is 2.28. The summed E-state index contributed by atoms with van der Waals surface area (Å²) in [5.74, 6) is -2.90. The van der Waals surface area contributed by atoms with Crippen LogP contribution in [0.3, 0.4) is 0 Å². The molecule has 0 saturated heterocycles. The van der Waals surface area contributed by atoms with E-state index >= 15 is 0 Å². The highest BCUT2D eigenvalue weighted by Gasteiger charge is 2.38. The van der Waals surface area contributed by atoms with Crippen molar-refractivity contribution < 1.29 is 27.9 Å². The minimum absolute atomic E-state index is 0.144. The van der Waals surface area contributed by atoms with Crippen LogP contribution in [-0.2, 0) is 9.59 Å². The Balaban J connectivity index is 0.000000429. The van der Waals surface area contributed by atoms with Gasteiger partial charge in [-0.05, 0) is 23.8 Å². The van der Waals surface area contributed by atoms with Crippen molar-refractivity contribution in [3.8, 4) is 17.3 Å². The Hall–Kier alpha value is -4.73. The predicted molar refractivity (Wildman–Crippen MR) is 118 cm³/mol. The van der Waals surface area contributed by atoms with Crippen molar-refractivity contribution in [1.29, 1.82) is 5.26 Å². The fourth-order valence-corrected chi connectivity index (χ4v) is 3.21. The average Bonchev–Trinajstić information content (AvgIpc) is 3.46. The fraction of sp³-hybridized carbons (Fsp3) is 0.182. The molecule has 4 rings (SSSR count). The molecule has 0 fully saturated rings. The Bertz CT molecular complexity index is 1390. The van der Waals surface area contributed by atoms with E-state index in [1.54, 1.807) is 10.9 Å². The molecule has 0 aliphatic rings. The van der Waals surface area contributed by atoms with Crippen molar-refractivity contribution in [2.24, 2.45) is 0 Å². The van der Waals surface area contributed by atoms with Crippen LogP contribution in [0.4, 0.5) is 18.9 Å². The minimum Gasteiger partial charge on any atom is -0.475 e. The number of anilines is 1. The smallest absolute Gasteiger partial charge is 0.475 e. The van der Waals surface area contributed by atoms with Gasteiger partial charge in [0.25, 0.3) is 0 Å². The van der Waals surface area contributed by atoms with Crippen LogP contribution in [-0.4, -0.2) is 47.9 Å². The van der Waals surface area contributed by atoms with E-state index in [-0.39, 0.29) is 18.4 Å². The molecule has 35 heavy (non-hydrogen) atoms. The van der Waals surface area contributed by atoms with Crippen molar-refractivity contribution in [2.45, 2.75) is 25.6 Å². The van der Waals surface area contributed by atoms with Crippen molar-refractivity contribution in [3.05, 3.63) is 60.8 Å². The molecule has 3 aromatic heterocycles. The summed E-state index contributed by atoms with van der Waals surface area (Å²) in [6.45, 7) is 1.46. The van der Waals surface area contributed by atoms with Crippen molar-refractivity contribution in [2.75, 3.05) is 5.32 Å². The second kappa shape index (κ2) is 10.5. The van der Waals surface area contributed by atoms with Gasteiger partial charge in [-0.1, -0.05) is 12.1 Å². The Morgan fingerprint density at radius 2 is 2.03 bits per heavy atom. The van der Waals surface area contributed by atoms with Crippen molar-refractivity contribution in [1.82, 2.24) is 24.7 Å². The first-order valence-corrected chi connectivity index (χ1v) is 9.97. The molecule has 0 aliphatic carbocycles. The number of aromatic amines is 1. The first kappa shape index (κ1) is 24.9. The van der Waals surface area contributed by atoms with E-state index in [9.17, 15) is 23.2 Å². The van der Waals surface area contributed by atoms with Crippen LogP contribution in [0.1, 0.15) is 24.9 Å². The van der Waals surface area contributed by atoms with Gasteiger partial charge >= 0.3 is 12.1 Å². The van der Waals surface area contributed by atoms with Gasteiger partial charge in [0, 0.05) is 36.0 Å². The first-order valence-electron chi connectivity index (χ1n) is 9.97. The van der Waals surface area contributed by atoms with Gasteiger partial charge in [0.2, 0.25) is 5.91 Å². The van der Waals surface area contributed by atoms with E-state index in [1.807, 2.05) is 42.7 Å². The Morgan fingerprint density at radius 1 is 1.29 bits per heavy atom. The number of fused-ring (bicyclic) bond motifs is 1. The molecule has 1 atom stereocenters. The summed E-state index contributed by atoms with van der Waals surface area (Å²) in [7, 11) is 0. The maximum absolute atomic E-state index is 11.3.